The van der Waals surface area contributed by atoms with Crippen LogP contribution in [0.4, 0.5) is 5.82 Å². The molecule has 0 aliphatic carbocycles. The van der Waals surface area contributed by atoms with Crippen molar-refractivity contribution in [1.29, 1.82) is 0 Å². The van der Waals surface area contributed by atoms with Crippen LogP contribution in [0.15, 0.2) is 23.7 Å². The Bertz CT molecular complexity index is 738. The van der Waals surface area contributed by atoms with Crippen LogP contribution in [0.5, 0.6) is 0 Å². The largest absolute Gasteiger partial charge is 0.373 e. The van der Waals surface area contributed by atoms with E-state index in [0.717, 1.165) is 45.1 Å². The molecule has 0 unspecified atom stereocenters. The fraction of sp³-hybridized carbons (Fsp3) is 0.267. The van der Waals surface area contributed by atoms with Crippen molar-refractivity contribution < 1.29 is 0 Å². The van der Waals surface area contributed by atoms with Crippen LogP contribution in [0.25, 0.3) is 21.6 Å². The Labute approximate surface area is 121 Å². The third-order valence-electron chi connectivity index (χ3n) is 3.38. The second kappa shape index (κ2) is 5.17. The molecule has 0 amide bonds. The molecule has 3 aromatic rings. The molecule has 3 rings (SSSR count). The van der Waals surface area contributed by atoms with E-state index in [0.29, 0.717) is 0 Å². The summed E-state index contributed by atoms with van der Waals surface area (Å²) in [6, 6.07) is 4.13. The summed E-state index contributed by atoms with van der Waals surface area (Å²) in [6.45, 7) is 4.16. The lowest BCUT2D eigenvalue weighted by molar-refractivity contribution is 0.977. The highest BCUT2D eigenvalue weighted by Crippen LogP contribution is 2.26. The lowest BCUT2D eigenvalue weighted by Gasteiger charge is -2.11. The molecule has 0 aliphatic rings. The van der Waals surface area contributed by atoms with Gasteiger partial charge in [-0.3, -0.25) is 4.98 Å². The quantitative estimate of drug-likeness (QED) is 0.797. The summed E-state index contributed by atoms with van der Waals surface area (Å²) in [6.07, 6.45) is 2.74. The van der Waals surface area contributed by atoms with Crippen LogP contribution >= 0.6 is 11.3 Å². The van der Waals surface area contributed by atoms with Gasteiger partial charge in [0.05, 0.1) is 10.2 Å². The smallest absolute Gasteiger partial charge is 0.163 e. The number of aromatic nitrogens is 3. The van der Waals surface area contributed by atoms with Gasteiger partial charge in [-0.1, -0.05) is 6.92 Å². The van der Waals surface area contributed by atoms with E-state index in [9.17, 15) is 0 Å². The molecular weight excluding hydrogens is 268 g/mol. The number of pyridine rings is 1. The number of nitrogens with one attached hydrogen (secondary N) is 1. The van der Waals surface area contributed by atoms with Crippen LogP contribution < -0.4 is 5.32 Å². The maximum Gasteiger partial charge on any atom is 0.163 e. The number of thiophene rings is 1. The minimum absolute atomic E-state index is 0.736. The zero-order valence-corrected chi connectivity index (χ0v) is 12.6. The molecule has 3 aromatic heterocycles. The van der Waals surface area contributed by atoms with Gasteiger partial charge in [0, 0.05) is 30.1 Å². The first-order valence-electron chi connectivity index (χ1n) is 6.61. The third kappa shape index (κ3) is 2.14. The molecular formula is C15H16N4S. The standard InChI is InChI=1S/C15H16N4S/c1-4-11-9(2)14(16-3)19-15(18-11)10-7-13-12(17-8-10)5-6-20-13/h5-8H,4H2,1-3H3,(H,16,18,19). The highest BCUT2D eigenvalue weighted by Gasteiger charge is 2.11. The highest BCUT2D eigenvalue weighted by molar-refractivity contribution is 7.17. The summed E-state index contributed by atoms with van der Waals surface area (Å²) in [4.78, 5) is 13.7. The molecule has 0 bridgehead atoms. The van der Waals surface area contributed by atoms with Crippen molar-refractivity contribution in [1.82, 2.24) is 15.0 Å². The molecule has 102 valence electrons. The van der Waals surface area contributed by atoms with E-state index in [-0.39, 0.29) is 0 Å². The van der Waals surface area contributed by atoms with Gasteiger partial charge in [0.1, 0.15) is 5.82 Å². The summed E-state index contributed by atoms with van der Waals surface area (Å²) in [5.74, 6) is 1.62. The fourth-order valence-corrected chi connectivity index (χ4v) is 3.03. The average molecular weight is 284 g/mol. The Kier molecular flexibility index (Phi) is 3.36. The summed E-state index contributed by atoms with van der Waals surface area (Å²) < 4.78 is 1.16. The molecule has 0 atom stereocenters. The van der Waals surface area contributed by atoms with Gasteiger partial charge in [-0.2, -0.15) is 0 Å². The first-order valence-corrected chi connectivity index (χ1v) is 7.49. The maximum atomic E-state index is 4.67. The van der Waals surface area contributed by atoms with Gasteiger partial charge in [0.15, 0.2) is 5.82 Å². The van der Waals surface area contributed by atoms with Crippen LogP contribution in [-0.2, 0) is 6.42 Å². The zero-order valence-electron chi connectivity index (χ0n) is 11.8. The van der Waals surface area contributed by atoms with E-state index < -0.39 is 0 Å². The van der Waals surface area contributed by atoms with Crippen molar-refractivity contribution in [2.24, 2.45) is 0 Å². The second-order valence-corrected chi connectivity index (χ2v) is 5.55. The molecule has 20 heavy (non-hydrogen) atoms. The normalized spacial score (nSPS) is 10.9. The first-order chi connectivity index (χ1) is 9.72. The molecule has 1 N–H and O–H groups in total. The summed E-state index contributed by atoms with van der Waals surface area (Å²) in [7, 11) is 1.89. The average Bonchev–Trinajstić information content (AvgIpc) is 2.95. The Morgan fingerprint density at radius 1 is 1.30 bits per heavy atom. The number of fused-ring (bicyclic) bond motifs is 1. The fourth-order valence-electron chi connectivity index (χ4n) is 2.25. The maximum absolute atomic E-state index is 4.67. The van der Waals surface area contributed by atoms with Crippen LogP contribution in [0.2, 0.25) is 0 Å². The highest BCUT2D eigenvalue weighted by atomic mass is 32.1. The van der Waals surface area contributed by atoms with Crippen LogP contribution in [0, 0.1) is 6.92 Å². The van der Waals surface area contributed by atoms with Gasteiger partial charge in [-0.05, 0) is 30.9 Å². The van der Waals surface area contributed by atoms with Gasteiger partial charge in [-0.25, -0.2) is 9.97 Å². The molecule has 4 nitrogen and oxygen atoms in total. The first kappa shape index (κ1) is 13.0. The molecule has 0 fully saturated rings. The summed E-state index contributed by atoms with van der Waals surface area (Å²) >= 11 is 1.69. The predicted molar refractivity (Wildman–Crippen MR) is 84.3 cm³/mol. The van der Waals surface area contributed by atoms with Crippen molar-refractivity contribution >= 4 is 27.4 Å². The van der Waals surface area contributed by atoms with Crippen molar-refractivity contribution in [3.05, 3.63) is 35.0 Å². The minimum Gasteiger partial charge on any atom is -0.373 e. The number of hydrogen-bond donors (Lipinski definition) is 1. The van der Waals surface area contributed by atoms with E-state index in [1.165, 1.54) is 0 Å². The molecule has 0 spiro atoms. The summed E-state index contributed by atoms with van der Waals surface area (Å²) in [5, 5.41) is 5.19. The number of nitrogens with zero attached hydrogens (tertiary/aromatic N) is 3. The van der Waals surface area contributed by atoms with Gasteiger partial charge in [-0.15, -0.1) is 11.3 Å². The number of rotatable bonds is 3. The van der Waals surface area contributed by atoms with E-state index >= 15 is 0 Å². The zero-order chi connectivity index (χ0) is 14.1. The topological polar surface area (TPSA) is 50.7 Å². The van der Waals surface area contributed by atoms with Gasteiger partial charge in [0.2, 0.25) is 0 Å². The molecule has 5 heteroatoms. The molecule has 0 radical (unpaired) electrons. The predicted octanol–water partition coefficient (Wildman–Crippen LogP) is 3.67. The van der Waals surface area contributed by atoms with Crippen molar-refractivity contribution in [2.75, 3.05) is 12.4 Å². The van der Waals surface area contributed by atoms with Crippen molar-refractivity contribution in [3.8, 4) is 11.4 Å². The lowest BCUT2D eigenvalue weighted by atomic mass is 10.1. The van der Waals surface area contributed by atoms with E-state index in [2.05, 4.69) is 40.2 Å². The minimum atomic E-state index is 0.736. The number of anilines is 1. The molecule has 3 heterocycles. The van der Waals surface area contributed by atoms with Crippen LogP contribution in [0.3, 0.4) is 0 Å². The molecule has 0 saturated heterocycles. The number of aryl methyl sites for hydroxylation is 1. The van der Waals surface area contributed by atoms with Gasteiger partial charge in [0.25, 0.3) is 0 Å². The molecule has 0 saturated carbocycles. The van der Waals surface area contributed by atoms with Gasteiger partial charge >= 0.3 is 0 Å². The van der Waals surface area contributed by atoms with E-state index in [1.54, 1.807) is 11.3 Å². The molecule has 0 aromatic carbocycles. The van der Waals surface area contributed by atoms with Crippen LogP contribution in [0.1, 0.15) is 18.2 Å². The lowest BCUT2D eigenvalue weighted by Crippen LogP contribution is -2.04. The Hall–Kier alpha value is -2.01. The third-order valence-corrected chi connectivity index (χ3v) is 4.23. The van der Waals surface area contributed by atoms with E-state index in [1.807, 2.05) is 24.7 Å². The Morgan fingerprint density at radius 2 is 2.15 bits per heavy atom. The monoisotopic (exact) mass is 284 g/mol. The Morgan fingerprint density at radius 3 is 2.90 bits per heavy atom. The second-order valence-electron chi connectivity index (χ2n) is 4.60. The number of hydrogen-bond acceptors (Lipinski definition) is 5. The SMILES string of the molecule is CCc1nc(-c2cnc3ccsc3c2)nc(NC)c1C. The van der Waals surface area contributed by atoms with Gasteiger partial charge < -0.3 is 5.32 Å². The van der Waals surface area contributed by atoms with Crippen molar-refractivity contribution in [3.63, 3.8) is 0 Å². The van der Waals surface area contributed by atoms with Crippen LogP contribution in [-0.4, -0.2) is 22.0 Å². The molecule has 0 aliphatic heterocycles. The summed E-state index contributed by atoms with van der Waals surface area (Å²) in [5.41, 5.74) is 4.18. The van der Waals surface area contributed by atoms with E-state index in [4.69, 9.17) is 0 Å². The Balaban J connectivity index is 2.17. The van der Waals surface area contributed by atoms with Crippen molar-refractivity contribution in [2.45, 2.75) is 20.3 Å².